The third kappa shape index (κ3) is 2.79. The van der Waals surface area contributed by atoms with E-state index in [-0.39, 0.29) is 0 Å². The van der Waals surface area contributed by atoms with Crippen molar-refractivity contribution >= 4 is 0 Å². The molecule has 0 radical (unpaired) electrons. The topological polar surface area (TPSA) is 39.1 Å². The standard InChI is InChI=1S/C15H19N3O/c1-11-3-6-15(19-2)14(9-11)18-8-7-13(17-18)10-16-12-4-5-12/h3,6-9,12,16H,4-5,10H2,1-2H3. The van der Waals surface area contributed by atoms with Gasteiger partial charge in [0.15, 0.2) is 0 Å². The molecule has 4 heteroatoms. The SMILES string of the molecule is COc1ccc(C)cc1-n1ccc(CNC2CC2)n1. The van der Waals surface area contributed by atoms with Crippen molar-refractivity contribution in [3.05, 3.63) is 41.7 Å². The van der Waals surface area contributed by atoms with Crippen LogP contribution in [-0.2, 0) is 6.54 Å². The van der Waals surface area contributed by atoms with E-state index in [2.05, 4.69) is 29.5 Å². The minimum absolute atomic E-state index is 0.707. The molecule has 0 bridgehead atoms. The van der Waals surface area contributed by atoms with Crippen LogP contribution in [0.1, 0.15) is 24.1 Å². The average molecular weight is 257 g/mol. The molecule has 3 rings (SSSR count). The second-order valence-corrected chi connectivity index (χ2v) is 5.08. The Hall–Kier alpha value is -1.81. The van der Waals surface area contributed by atoms with Crippen LogP contribution in [-0.4, -0.2) is 22.9 Å². The van der Waals surface area contributed by atoms with E-state index in [0.717, 1.165) is 23.7 Å². The summed E-state index contributed by atoms with van der Waals surface area (Å²) in [7, 11) is 1.69. The summed E-state index contributed by atoms with van der Waals surface area (Å²) in [4.78, 5) is 0. The van der Waals surface area contributed by atoms with Crippen molar-refractivity contribution in [3.8, 4) is 11.4 Å². The molecule has 19 heavy (non-hydrogen) atoms. The van der Waals surface area contributed by atoms with Gasteiger partial charge in [-0.2, -0.15) is 5.10 Å². The summed E-state index contributed by atoms with van der Waals surface area (Å²) in [6, 6.07) is 8.87. The molecule has 1 aromatic heterocycles. The number of aryl methyl sites for hydroxylation is 1. The molecule has 0 aliphatic heterocycles. The van der Waals surface area contributed by atoms with Crippen molar-refractivity contribution < 1.29 is 4.74 Å². The number of hydrogen-bond acceptors (Lipinski definition) is 3. The number of benzene rings is 1. The molecule has 0 unspecified atom stereocenters. The number of hydrogen-bond donors (Lipinski definition) is 1. The van der Waals surface area contributed by atoms with Gasteiger partial charge in [0.1, 0.15) is 11.4 Å². The number of nitrogens with zero attached hydrogens (tertiary/aromatic N) is 2. The van der Waals surface area contributed by atoms with Gasteiger partial charge in [0.2, 0.25) is 0 Å². The van der Waals surface area contributed by atoms with Gasteiger partial charge < -0.3 is 10.1 Å². The van der Waals surface area contributed by atoms with Gasteiger partial charge >= 0.3 is 0 Å². The molecule has 0 saturated heterocycles. The number of rotatable bonds is 5. The third-order valence-corrected chi connectivity index (χ3v) is 3.37. The summed E-state index contributed by atoms with van der Waals surface area (Å²) < 4.78 is 7.28. The lowest BCUT2D eigenvalue weighted by molar-refractivity contribution is 0.411. The molecule has 1 N–H and O–H groups in total. The Bertz CT molecular complexity index is 573. The van der Waals surface area contributed by atoms with Crippen molar-refractivity contribution in [3.63, 3.8) is 0 Å². The summed E-state index contributed by atoms with van der Waals surface area (Å²) in [5.41, 5.74) is 3.25. The van der Waals surface area contributed by atoms with Gasteiger partial charge in [0, 0.05) is 18.8 Å². The van der Waals surface area contributed by atoms with Crippen molar-refractivity contribution in [2.24, 2.45) is 0 Å². The average Bonchev–Trinajstić information content (AvgIpc) is 3.13. The zero-order chi connectivity index (χ0) is 13.2. The van der Waals surface area contributed by atoms with E-state index in [1.54, 1.807) is 7.11 Å². The Morgan fingerprint density at radius 3 is 2.95 bits per heavy atom. The van der Waals surface area contributed by atoms with Gasteiger partial charge in [-0.3, -0.25) is 0 Å². The monoisotopic (exact) mass is 257 g/mol. The second-order valence-electron chi connectivity index (χ2n) is 5.08. The summed E-state index contributed by atoms with van der Waals surface area (Å²) in [6.45, 7) is 2.91. The molecule has 1 heterocycles. The molecular formula is C15H19N3O. The van der Waals surface area contributed by atoms with Crippen molar-refractivity contribution in [2.45, 2.75) is 32.4 Å². The second kappa shape index (κ2) is 5.05. The van der Waals surface area contributed by atoms with Crippen LogP contribution in [0.5, 0.6) is 5.75 Å². The fourth-order valence-electron chi connectivity index (χ4n) is 2.11. The van der Waals surface area contributed by atoms with Crippen LogP contribution < -0.4 is 10.1 Å². The molecule has 4 nitrogen and oxygen atoms in total. The van der Waals surface area contributed by atoms with Crippen LogP contribution in [0.4, 0.5) is 0 Å². The molecule has 0 atom stereocenters. The molecule has 0 amide bonds. The first-order valence-electron chi connectivity index (χ1n) is 6.69. The lowest BCUT2D eigenvalue weighted by Gasteiger charge is -2.09. The Labute approximate surface area is 113 Å². The minimum Gasteiger partial charge on any atom is -0.494 e. The lowest BCUT2D eigenvalue weighted by atomic mass is 10.2. The molecule has 100 valence electrons. The third-order valence-electron chi connectivity index (χ3n) is 3.37. The van der Waals surface area contributed by atoms with E-state index in [1.807, 2.05) is 23.0 Å². The molecule has 1 fully saturated rings. The van der Waals surface area contributed by atoms with Gasteiger partial charge in [-0.25, -0.2) is 4.68 Å². The molecule has 1 aliphatic carbocycles. The highest BCUT2D eigenvalue weighted by Crippen LogP contribution is 2.24. The van der Waals surface area contributed by atoms with E-state index in [4.69, 9.17) is 4.74 Å². The Balaban J connectivity index is 1.82. The van der Waals surface area contributed by atoms with Gasteiger partial charge in [0.25, 0.3) is 0 Å². The maximum Gasteiger partial charge on any atom is 0.144 e. The van der Waals surface area contributed by atoms with Gasteiger partial charge in [-0.15, -0.1) is 0 Å². The largest absolute Gasteiger partial charge is 0.494 e. The van der Waals surface area contributed by atoms with Crippen LogP contribution in [0.2, 0.25) is 0 Å². The maximum atomic E-state index is 5.40. The highest BCUT2D eigenvalue weighted by Gasteiger charge is 2.20. The molecular weight excluding hydrogens is 238 g/mol. The Kier molecular flexibility index (Phi) is 3.25. The summed E-state index contributed by atoms with van der Waals surface area (Å²) in [5, 5.41) is 8.07. The Morgan fingerprint density at radius 2 is 2.21 bits per heavy atom. The van der Waals surface area contributed by atoms with E-state index >= 15 is 0 Å². The van der Waals surface area contributed by atoms with Crippen LogP contribution >= 0.6 is 0 Å². The zero-order valence-electron chi connectivity index (χ0n) is 11.4. The highest BCUT2D eigenvalue weighted by molar-refractivity contribution is 5.48. The quantitative estimate of drug-likeness (QED) is 0.894. The van der Waals surface area contributed by atoms with Gasteiger partial charge in [0.05, 0.1) is 12.8 Å². The molecule has 1 aliphatic rings. The predicted molar refractivity (Wildman–Crippen MR) is 74.7 cm³/mol. The van der Waals surface area contributed by atoms with Crippen molar-refractivity contribution in [2.75, 3.05) is 7.11 Å². The number of nitrogens with one attached hydrogen (secondary N) is 1. The first kappa shape index (κ1) is 12.2. The zero-order valence-corrected chi connectivity index (χ0v) is 11.4. The predicted octanol–water partition coefficient (Wildman–Crippen LogP) is 2.44. The number of methoxy groups -OCH3 is 1. The van der Waals surface area contributed by atoms with E-state index < -0.39 is 0 Å². The minimum atomic E-state index is 0.707. The van der Waals surface area contributed by atoms with E-state index in [0.29, 0.717) is 6.04 Å². The summed E-state index contributed by atoms with van der Waals surface area (Å²) >= 11 is 0. The lowest BCUT2D eigenvalue weighted by Crippen LogP contribution is -2.15. The van der Waals surface area contributed by atoms with Crippen molar-refractivity contribution in [1.82, 2.24) is 15.1 Å². The van der Waals surface area contributed by atoms with Crippen molar-refractivity contribution in [1.29, 1.82) is 0 Å². The van der Waals surface area contributed by atoms with Gasteiger partial charge in [-0.1, -0.05) is 6.07 Å². The Morgan fingerprint density at radius 1 is 1.37 bits per heavy atom. The summed E-state index contributed by atoms with van der Waals surface area (Å²) in [5.74, 6) is 0.843. The fourth-order valence-corrected chi connectivity index (χ4v) is 2.11. The highest BCUT2D eigenvalue weighted by atomic mass is 16.5. The van der Waals surface area contributed by atoms with E-state index in [9.17, 15) is 0 Å². The normalized spacial score (nSPS) is 14.6. The van der Waals surface area contributed by atoms with Crippen LogP contribution in [0.15, 0.2) is 30.5 Å². The first-order valence-corrected chi connectivity index (χ1v) is 6.69. The van der Waals surface area contributed by atoms with Gasteiger partial charge in [-0.05, 0) is 43.5 Å². The van der Waals surface area contributed by atoms with Crippen LogP contribution in [0.25, 0.3) is 5.69 Å². The molecule has 2 aromatic rings. The molecule has 0 spiro atoms. The molecule has 1 aromatic carbocycles. The van der Waals surface area contributed by atoms with Crippen LogP contribution in [0, 0.1) is 6.92 Å². The fraction of sp³-hybridized carbons (Fsp3) is 0.400. The van der Waals surface area contributed by atoms with Crippen LogP contribution in [0.3, 0.4) is 0 Å². The first-order chi connectivity index (χ1) is 9.26. The maximum absolute atomic E-state index is 5.40. The number of aromatic nitrogens is 2. The number of ether oxygens (including phenoxy) is 1. The smallest absolute Gasteiger partial charge is 0.144 e. The molecule has 1 saturated carbocycles. The summed E-state index contributed by atoms with van der Waals surface area (Å²) in [6.07, 6.45) is 4.58. The van der Waals surface area contributed by atoms with E-state index in [1.165, 1.54) is 18.4 Å².